The minimum atomic E-state index is 0.358. The molecule has 0 bridgehead atoms. The lowest BCUT2D eigenvalue weighted by molar-refractivity contribution is -0.104. The highest BCUT2D eigenvalue weighted by atomic mass is 16.1. The summed E-state index contributed by atoms with van der Waals surface area (Å²) in [6.45, 7) is 2.54. The summed E-state index contributed by atoms with van der Waals surface area (Å²) < 4.78 is 1.99. The van der Waals surface area contributed by atoms with Gasteiger partial charge in [0.25, 0.3) is 0 Å². The molecular formula is C14H16N4O. The summed E-state index contributed by atoms with van der Waals surface area (Å²) in [6.07, 6.45) is 8.35. The Labute approximate surface area is 111 Å². The third kappa shape index (κ3) is 3.07. The fourth-order valence-electron chi connectivity index (χ4n) is 1.73. The Kier molecular flexibility index (Phi) is 4.07. The van der Waals surface area contributed by atoms with E-state index in [4.69, 9.17) is 5.73 Å². The number of pyridine rings is 1. The number of rotatable bonds is 5. The lowest BCUT2D eigenvalue weighted by Gasteiger charge is -1.96. The summed E-state index contributed by atoms with van der Waals surface area (Å²) in [7, 11) is 0. The Morgan fingerprint density at radius 2 is 2.32 bits per heavy atom. The van der Waals surface area contributed by atoms with Crippen molar-refractivity contribution in [1.82, 2.24) is 9.38 Å². The van der Waals surface area contributed by atoms with Gasteiger partial charge in [-0.2, -0.15) is 0 Å². The maximum absolute atomic E-state index is 10.5. The molecule has 2 rings (SSSR count). The van der Waals surface area contributed by atoms with Crippen molar-refractivity contribution in [2.45, 2.75) is 19.9 Å². The van der Waals surface area contributed by atoms with Gasteiger partial charge in [0, 0.05) is 30.4 Å². The average Bonchev–Trinajstić information content (AvgIpc) is 2.85. The lowest BCUT2D eigenvalue weighted by atomic mass is 10.2. The van der Waals surface area contributed by atoms with E-state index in [0.717, 1.165) is 17.8 Å². The van der Waals surface area contributed by atoms with E-state index >= 15 is 0 Å². The van der Waals surface area contributed by atoms with Crippen LogP contribution in [0, 0.1) is 0 Å². The van der Waals surface area contributed by atoms with Crippen molar-refractivity contribution in [3.8, 4) is 0 Å². The Morgan fingerprint density at radius 3 is 3.00 bits per heavy atom. The molecule has 0 aliphatic heterocycles. The molecule has 2 heterocycles. The number of allylic oxidation sites excluding steroid dienone is 1. The van der Waals surface area contributed by atoms with Crippen LogP contribution in [0.2, 0.25) is 0 Å². The third-order valence-corrected chi connectivity index (χ3v) is 2.79. The van der Waals surface area contributed by atoms with Crippen LogP contribution in [-0.2, 0) is 17.8 Å². The van der Waals surface area contributed by atoms with Gasteiger partial charge >= 0.3 is 0 Å². The average molecular weight is 256 g/mol. The summed E-state index contributed by atoms with van der Waals surface area (Å²) in [4.78, 5) is 19.1. The first kappa shape index (κ1) is 13.0. The van der Waals surface area contributed by atoms with Crippen LogP contribution in [0.1, 0.15) is 18.2 Å². The van der Waals surface area contributed by atoms with E-state index in [-0.39, 0.29) is 0 Å². The van der Waals surface area contributed by atoms with Gasteiger partial charge in [0.2, 0.25) is 0 Å². The number of aldehydes is 1. The largest absolute Gasteiger partial charge is 0.404 e. The topological polar surface area (TPSA) is 72.8 Å². The molecule has 19 heavy (non-hydrogen) atoms. The smallest absolute Gasteiger partial charge is 0.153 e. The van der Waals surface area contributed by atoms with Crippen molar-refractivity contribution >= 4 is 18.1 Å². The predicted molar refractivity (Wildman–Crippen MR) is 75.1 cm³/mol. The van der Waals surface area contributed by atoms with Crippen LogP contribution in [0.5, 0.6) is 0 Å². The summed E-state index contributed by atoms with van der Waals surface area (Å²) in [5.74, 6) is 0. The third-order valence-electron chi connectivity index (χ3n) is 2.79. The van der Waals surface area contributed by atoms with Crippen molar-refractivity contribution in [2.75, 3.05) is 0 Å². The number of aryl methyl sites for hydroxylation is 1. The molecule has 0 saturated heterocycles. The summed E-state index contributed by atoms with van der Waals surface area (Å²) in [5, 5.41) is 0. The summed E-state index contributed by atoms with van der Waals surface area (Å²) in [5.41, 5.74) is 8.62. The van der Waals surface area contributed by atoms with Gasteiger partial charge in [0.1, 0.15) is 5.65 Å². The zero-order chi connectivity index (χ0) is 13.7. The van der Waals surface area contributed by atoms with Crippen LogP contribution in [0.4, 0.5) is 0 Å². The number of hydrogen-bond donors (Lipinski definition) is 1. The molecule has 5 nitrogen and oxygen atoms in total. The molecule has 5 heteroatoms. The number of carbonyl (C=O) groups excluding carboxylic acids is 1. The molecule has 0 aliphatic carbocycles. The van der Waals surface area contributed by atoms with E-state index in [1.807, 2.05) is 16.7 Å². The van der Waals surface area contributed by atoms with Gasteiger partial charge in [-0.1, -0.05) is 13.0 Å². The number of nitrogens with zero attached hydrogens (tertiary/aromatic N) is 3. The first-order valence-electron chi connectivity index (χ1n) is 6.10. The van der Waals surface area contributed by atoms with Crippen LogP contribution in [0.3, 0.4) is 0 Å². The fraction of sp³-hybridized carbons (Fsp3) is 0.214. The van der Waals surface area contributed by atoms with E-state index in [1.54, 1.807) is 0 Å². The second kappa shape index (κ2) is 5.95. The lowest BCUT2D eigenvalue weighted by Crippen LogP contribution is -1.92. The number of nitrogens with two attached hydrogens (primary N) is 1. The molecule has 0 atom stereocenters. The molecule has 0 unspecified atom stereocenters. The maximum Gasteiger partial charge on any atom is 0.153 e. The minimum Gasteiger partial charge on any atom is -0.404 e. The second-order valence-electron chi connectivity index (χ2n) is 4.14. The number of aliphatic imine (C=N–C) groups is 1. The van der Waals surface area contributed by atoms with Crippen LogP contribution in [0.25, 0.3) is 5.65 Å². The van der Waals surface area contributed by atoms with Gasteiger partial charge in [-0.05, 0) is 18.1 Å². The first-order chi connectivity index (χ1) is 9.26. The molecule has 0 fully saturated rings. The highest BCUT2D eigenvalue weighted by Gasteiger charge is 2.01. The highest BCUT2D eigenvalue weighted by molar-refractivity contribution is 6.01. The number of imidazole rings is 1. The van der Waals surface area contributed by atoms with Crippen LogP contribution >= 0.6 is 0 Å². The fourth-order valence-corrected chi connectivity index (χ4v) is 1.73. The Hall–Kier alpha value is -2.43. The monoisotopic (exact) mass is 256 g/mol. The van der Waals surface area contributed by atoms with E-state index in [0.29, 0.717) is 18.4 Å². The van der Waals surface area contributed by atoms with Gasteiger partial charge in [0.15, 0.2) is 6.29 Å². The van der Waals surface area contributed by atoms with Gasteiger partial charge in [0.05, 0.1) is 12.2 Å². The molecule has 0 radical (unpaired) electrons. The van der Waals surface area contributed by atoms with E-state index in [1.165, 1.54) is 18.0 Å². The molecule has 2 aromatic rings. The number of aromatic nitrogens is 2. The van der Waals surface area contributed by atoms with Gasteiger partial charge in [-0.25, -0.2) is 4.98 Å². The minimum absolute atomic E-state index is 0.358. The van der Waals surface area contributed by atoms with Crippen LogP contribution in [0.15, 0.2) is 41.3 Å². The summed E-state index contributed by atoms with van der Waals surface area (Å²) in [6, 6.07) is 4.06. The normalized spacial score (nSPS) is 12.4. The van der Waals surface area contributed by atoms with E-state index < -0.39 is 0 Å². The first-order valence-corrected chi connectivity index (χ1v) is 6.10. The molecule has 0 spiro atoms. The van der Waals surface area contributed by atoms with Crippen molar-refractivity contribution in [3.63, 3.8) is 0 Å². The van der Waals surface area contributed by atoms with Crippen molar-refractivity contribution in [2.24, 2.45) is 10.7 Å². The molecule has 0 aromatic carbocycles. The standard InChI is InChI=1S/C14H16N4O/c1-2-11-3-4-14-17-13(9-18(14)8-11)7-16-6-12(5-15)10-19/h3-6,8-10H,2,7,15H2,1H3/b12-5+,16-6?. The highest BCUT2D eigenvalue weighted by Crippen LogP contribution is 2.09. The van der Waals surface area contributed by atoms with Crippen LogP contribution in [-0.4, -0.2) is 21.9 Å². The zero-order valence-electron chi connectivity index (χ0n) is 10.8. The molecule has 2 N–H and O–H groups in total. The second-order valence-corrected chi connectivity index (χ2v) is 4.14. The summed E-state index contributed by atoms with van der Waals surface area (Å²) >= 11 is 0. The van der Waals surface area contributed by atoms with Gasteiger partial charge < -0.3 is 10.1 Å². The molecule has 0 aliphatic rings. The van der Waals surface area contributed by atoms with Crippen molar-refractivity contribution in [1.29, 1.82) is 0 Å². The van der Waals surface area contributed by atoms with Crippen molar-refractivity contribution in [3.05, 3.63) is 47.6 Å². The predicted octanol–water partition coefficient (Wildman–Crippen LogP) is 1.51. The van der Waals surface area contributed by atoms with Crippen molar-refractivity contribution < 1.29 is 4.79 Å². The molecule has 0 saturated carbocycles. The quantitative estimate of drug-likeness (QED) is 0.500. The molecule has 0 amide bonds. The maximum atomic E-state index is 10.5. The Bertz CT molecular complexity index is 640. The zero-order valence-corrected chi connectivity index (χ0v) is 10.8. The number of fused-ring (bicyclic) bond motifs is 1. The van der Waals surface area contributed by atoms with Gasteiger partial charge in [-0.3, -0.25) is 9.79 Å². The SMILES string of the molecule is CCc1ccc2nc(CN=C/C(C=O)=C\N)cn2c1. The van der Waals surface area contributed by atoms with Gasteiger partial charge in [-0.15, -0.1) is 0 Å². The molecule has 98 valence electrons. The molecule has 2 aromatic heterocycles. The molecular weight excluding hydrogens is 240 g/mol. The Balaban J connectivity index is 2.15. The van der Waals surface area contributed by atoms with Crippen LogP contribution < -0.4 is 5.73 Å². The Morgan fingerprint density at radius 1 is 1.47 bits per heavy atom. The number of carbonyl (C=O) groups is 1. The van der Waals surface area contributed by atoms with E-state index in [2.05, 4.69) is 29.2 Å². The number of hydrogen-bond acceptors (Lipinski definition) is 4. The van der Waals surface area contributed by atoms with E-state index in [9.17, 15) is 4.79 Å².